The molecule has 42 heavy (non-hydrogen) atoms. The minimum absolute atomic E-state index is 0.203. The summed E-state index contributed by atoms with van der Waals surface area (Å²) in [6, 6.07) is 14.0. The Kier molecular flexibility index (Phi) is 10.9. The van der Waals surface area contributed by atoms with Gasteiger partial charge in [-0.15, -0.1) is 0 Å². The van der Waals surface area contributed by atoms with Gasteiger partial charge in [-0.2, -0.15) is 13.2 Å². The van der Waals surface area contributed by atoms with Gasteiger partial charge < -0.3 is 10.2 Å². The molecule has 13 heteroatoms. The van der Waals surface area contributed by atoms with E-state index >= 15 is 0 Å². The van der Waals surface area contributed by atoms with Crippen molar-refractivity contribution in [3.8, 4) is 0 Å². The molecule has 0 spiro atoms. The Morgan fingerprint density at radius 1 is 0.952 bits per heavy atom. The lowest BCUT2D eigenvalue weighted by atomic mass is 10.1. The first-order valence-corrected chi connectivity index (χ1v) is 15.1. The third-order valence-electron chi connectivity index (χ3n) is 6.60. The van der Waals surface area contributed by atoms with Gasteiger partial charge in [0.2, 0.25) is 11.8 Å². The van der Waals surface area contributed by atoms with E-state index in [1.807, 2.05) is 6.92 Å². The van der Waals surface area contributed by atoms with Crippen LogP contribution in [0.25, 0.3) is 0 Å². The zero-order valence-electron chi connectivity index (χ0n) is 23.0. The zero-order chi connectivity index (χ0) is 31.2. The molecular weight excluding hydrogens is 614 g/mol. The topological polar surface area (TPSA) is 86.8 Å². The maximum absolute atomic E-state index is 13.9. The Hall–Kier alpha value is -3.28. The third-order valence-corrected chi connectivity index (χ3v) is 8.97. The van der Waals surface area contributed by atoms with Crippen molar-refractivity contribution in [3.05, 3.63) is 94.0 Å². The van der Waals surface area contributed by atoms with E-state index < -0.39 is 46.2 Å². The number of benzene rings is 3. The van der Waals surface area contributed by atoms with Crippen molar-refractivity contribution in [2.45, 2.75) is 56.9 Å². The van der Waals surface area contributed by atoms with Crippen LogP contribution in [0.4, 0.5) is 18.9 Å². The second-order valence-electron chi connectivity index (χ2n) is 9.62. The highest BCUT2D eigenvalue weighted by Crippen LogP contribution is 2.33. The van der Waals surface area contributed by atoms with E-state index in [2.05, 4.69) is 5.32 Å². The van der Waals surface area contributed by atoms with Crippen LogP contribution in [0.2, 0.25) is 10.0 Å². The van der Waals surface area contributed by atoms with Crippen molar-refractivity contribution in [2.24, 2.45) is 0 Å². The van der Waals surface area contributed by atoms with E-state index in [0.717, 1.165) is 17.0 Å². The summed E-state index contributed by atoms with van der Waals surface area (Å²) in [5, 5.41) is 3.35. The molecule has 0 saturated heterocycles. The predicted molar refractivity (Wildman–Crippen MR) is 157 cm³/mol. The number of halogens is 5. The van der Waals surface area contributed by atoms with E-state index in [-0.39, 0.29) is 28.2 Å². The molecule has 0 heterocycles. The molecule has 1 N–H and O–H groups in total. The van der Waals surface area contributed by atoms with Gasteiger partial charge in [-0.05, 0) is 68.3 Å². The Morgan fingerprint density at radius 2 is 1.62 bits per heavy atom. The lowest BCUT2D eigenvalue weighted by Crippen LogP contribution is -2.52. The smallest absolute Gasteiger partial charge is 0.352 e. The molecule has 0 unspecified atom stereocenters. The lowest BCUT2D eigenvalue weighted by Gasteiger charge is -2.32. The fourth-order valence-electron chi connectivity index (χ4n) is 3.97. The summed E-state index contributed by atoms with van der Waals surface area (Å²) in [4.78, 5) is 27.9. The zero-order valence-corrected chi connectivity index (χ0v) is 25.4. The molecule has 2 atom stereocenters. The first-order valence-electron chi connectivity index (χ1n) is 12.9. The van der Waals surface area contributed by atoms with Gasteiger partial charge in [-0.25, -0.2) is 8.42 Å². The van der Waals surface area contributed by atoms with Crippen LogP contribution in [0.15, 0.2) is 77.7 Å². The van der Waals surface area contributed by atoms with Crippen LogP contribution in [-0.2, 0) is 32.3 Å². The van der Waals surface area contributed by atoms with E-state index in [0.29, 0.717) is 27.4 Å². The van der Waals surface area contributed by atoms with Crippen molar-refractivity contribution >= 4 is 50.7 Å². The Balaban J connectivity index is 2.10. The summed E-state index contributed by atoms with van der Waals surface area (Å²) in [6.45, 7) is 4.03. The average molecular weight is 645 g/mol. The molecule has 0 aliphatic rings. The highest BCUT2D eigenvalue weighted by molar-refractivity contribution is 7.92. The molecule has 0 saturated carbocycles. The normalized spacial score (nSPS) is 13.2. The van der Waals surface area contributed by atoms with Crippen LogP contribution < -0.4 is 9.62 Å². The molecule has 3 aromatic carbocycles. The number of alkyl halides is 3. The molecule has 0 radical (unpaired) electrons. The van der Waals surface area contributed by atoms with Gasteiger partial charge in [0, 0.05) is 22.6 Å². The van der Waals surface area contributed by atoms with Crippen LogP contribution >= 0.6 is 23.2 Å². The molecule has 226 valence electrons. The summed E-state index contributed by atoms with van der Waals surface area (Å²) < 4.78 is 68.8. The minimum Gasteiger partial charge on any atom is -0.352 e. The summed E-state index contributed by atoms with van der Waals surface area (Å²) in [5.74, 6) is -1.34. The summed E-state index contributed by atoms with van der Waals surface area (Å²) in [6.07, 6.45) is -4.14. The highest BCUT2D eigenvalue weighted by atomic mass is 35.5. The van der Waals surface area contributed by atoms with Crippen LogP contribution in [0.1, 0.15) is 38.3 Å². The molecule has 2 amide bonds. The number of nitrogens with one attached hydrogen (secondary N) is 1. The molecule has 0 bridgehead atoms. The molecular formula is C29H30Cl2F3N3O4S. The van der Waals surface area contributed by atoms with Crippen molar-refractivity contribution < 1.29 is 31.2 Å². The summed E-state index contributed by atoms with van der Waals surface area (Å²) in [5.41, 5.74) is -1.04. The number of hydrogen-bond donors (Lipinski definition) is 1. The van der Waals surface area contributed by atoms with Gasteiger partial charge in [-0.1, -0.05) is 60.5 Å². The minimum atomic E-state index is -4.76. The van der Waals surface area contributed by atoms with Gasteiger partial charge >= 0.3 is 6.18 Å². The van der Waals surface area contributed by atoms with Crippen LogP contribution in [-0.4, -0.2) is 43.8 Å². The first kappa shape index (κ1) is 33.2. The fraction of sp³-hybridized carbons (Fsp3) is 0.310. The molecule has 0 aromatic heterocycles. The number of anilines is 1. The number of sulfonamides is 1. The van der Waals surface area contributed by atoms with Gasteiger partial charge in [0.15, 0.2) is 0 Å². The van der Waals surface area contributed by atoms with Crippen LogP contribution in [0.3, 0.4) is 0 Å². The van der Waals surface area contributed by atoms with Crippen molar-refractivity contribution in [2.75, 3.05) is 10.8 Å². The largest absolute Gasteiger partial charge is 0.416 e. The standard InChI is InChI=1S/C29H30Cl2F3N3O4S/c1-4-19(2)35-28(39)20(3)36(17-21-13-14-23(30)16-26(21)31)27(38)18-37(42(40,41)25-11-6-5-7-12-25)24-10-8-9-22(15-24)29(32,33)34/h5-16,19-20H,4,17-18H2,1-3H3,(H,35,39)/t19-,20-/m1/s1. The number of amides is 2. The number of carbonyl (C=O) groups is 2. The molecule has 0 aliphatic heterocycles. The molecule has 0 aliphatic carbocycles. The summed E-state index contributed by atoms with van der Waals surface area (Å²) in [7, 11) is -4.53. The van der Waals surface area contributed by atoms with Gasteiger partial charge in [0.05, 0.1) is 16.1 Å². The van der Waals surface area contributed by atoms with E-state index in [1.54, 1.807) is 25.1 Å². The maximum atomic E-state index is 13.9. The molecule has 0 fully saturated rings. The summed E-state index contributed by atoms with van der Waals surface area (Å²) >= 11 is 12.4. The lowest BCUT2D eigenvalue weighted by molar-refractivity contribution is -0.139. The number of rotatable bonds is 11. The SMILES string of the molecule is CC[C@@H](C)NC(=O)[C@@H](C)N(Cc1ccc(Cl)cc1Cl)C(=O)CN(c1cccc(C(F)(F)F)c1)S(=O)(=O)c1ccccc1. The number of nitrogens with zero attached hydrogens (tertiary/aromatic N) is 2. The van der Waals surface area contributed by atoms with E-state index in [9.17, 15) is 31.2 Å². The second kappa shape index (κ2) is 13.8. The Labute approximate surface area is 253 Å². The Bertz CT molecular complexity index is 1520. The maximum Gasteiger partial charge on any atom is 0.416 e. The molecule has 7 nitrogen and oxygen atoms in total. The molecule has 3 rings (SSSR count). The van der Waals surface area contributed by atoms with E-state index in [1.165, 1.54) is 43.3 Å². The van der Waals surface area contributed by atoms with Gasteiger partial charge in [-0.3, -0.25) is 13.9 Å². The Morgan fingerprint density at radius 3 is 2.21 bits per heavy atom. The highest BCUT2D eigenvalue weighted by Gasteiger charge is 2.35. The van der Waals surface area contributed by atoms with Crippen LogP contribution in [0, 0.1) is 0 Å². The second-order valence-corrected chi connectivity index (χ2v) is 12.3. The fourth-order valence-corrected chi connectivity index (χ4v) is 5.86. The van der Waals surface area contributed by atoms with Gasteiger partial charge in [0.1, 0.15) is 12.6 Å². The molecule has 3 aromatic rings. The van der Waals surface area contributed by atoms with Crippen molar-refractivity contribution in [1.29, 1.82) is 0 Å². The number of carbonyl (C=O) groups excluding carboxylic acids is 2. The average Bonchev–Trinajstić information content (AvgIpc) is 2.94. The first-order chi connectivity index (χ1) is 19.6. The third kappa shape index (κ3) is 8.17. The van der Waals surface area contributed by atoms with Gasteiger partial charge in [0.25, 0.3) is 10.0 Å². The monoisotopic (exact) mass is 643 g/mol. The predicted octanol–water partition coefficient (Wildman–Crippen LogP) is 6.54. The number of hydrogen-bond acceptors (Lipinski definition) is 4. The van der Waals surface area contributed by atoms with Crippen molar-refractivity contribution in [3.63, 3.8) is 0 Å². The van der Waals surface area contributed by atoms with E-state index in [4.69, 9.17) is 23.2 Å². The van der Waals surface area contributed by atoms with Crippen molar-refractivity contribution in [1.82, 2.24) is 10.2 Å². The van der Waals surface area contributed by atoms with Crippen LogP contribution in [0.5, 0.6) is 0 Å². The quantitative estimate of drug-likeness (QED) is 0.257.